The van der Waals surface area contributed by atoms with Gasteiger partial charge in [0.1, 0.15) is 18.1 Å². The van der Waals surface area contributed by atoms with Crippen LogP contribution >= 0.6 is 12.6 Å². The number of hydrogen-bond acceptors (Lipinski definition) is 8. The Labute approximate surface area is 228 Å². The number of thiol groups is 1. The van der Waals surface area contributed by atoms with Gasteiger partial charge in [0.15, 0.2) is 5.96 Å². The van der Waals surface area contributed by atoms with Crippen molar-refractivity contribution in [3.05, 3.63) is 35.9 Å². The van der Waals surface area contributed by atoms with Gasteiger partial charge in [0.05, 0.1) is 6.04 Å². The van der Waals surface area contributed by atoms with Crippen LogP contribution in [0.1, 0.15) is 37.7 Å². The second-order valence-corrected chi connectivity index (χ2v) is 9.10. The van der Waals surface area contributed by atoms with E-state index < -0.39 is 47.9 Å². The van der Waals surface area contributed by atoms with Crippen LogP contribution in [0, 0.1) is 0 Å². The highest BCUT2D eigenvalue weighted by Crippen LogP contribution is 2.06. The summed E-state index contributed by atoms with van der Waals surface area (Å²) in [6, 6.07) is 4.93. The summed E-state index contributed by atoms with van der Waals surface area (Å²) in [4.78, 5) is 54.1. The van der Waals surface area contributed by atoms with Crippen molar-refractivity contribution in [3.63, 3.8) is 0 Å². The molecular weight excluding hydrogens is 512 g/mol. The Morgan fingerprint density at radius 1 is 0.868 bits per heavy atom. The number of benzene rings is 1. The molecule has 1 rings (SSSR count). The van der Waals surface area contributed by atoms with E-state index in [2.05, 4.69) is 33.6 Å². The molecule has 14 heteroatoms. The number of carboxylic acid groups (broad SMARTS) is 1. The third-order valence-electron chi connectivity index (χ3n) is 5.59. The maximum absolute atomic E-state index is 13.0. The fourth-order valence-electron chi connectivity index (χ4n) is 3.50. The molecule has 0 heterocycles. The van der Waals surface area contributed by atoms with E-state index in [1.165, 1.54) is 0 Å². The van der Waals surface area contributed by atoms with E-state index in [0.29, 0.717) is 25.8 Å². The fourth-order valence-corrected chi connectivity index (χ4v) is 3.76. The number of carbonyl (C=O) groups excluding carboxylic acids is 3. The first kappa shape index (κ1) is 32.7. The molecule has 212 valence electrons. The third kappa shape index (κ3) is 12.7. The summed E-state index contributed by atoms with van der Waals surface area (Å²) in [6.45, 7) is 0.595. The van der Waals surface area contributed by atoms with Crippen LogP contribution in [0.3, 0.4) is 0 Å². The van der Waals surface area contributed by atoms with Gasteiger partial charge < -0.3 is 44.0 Å². The highest BCUT2D eigenvalue weighted by molar-refractivity contribution is 7.80. The van der Waals surface area contributed by atoms with Crippen LogP contribution in [0.25, 0.3) is 0 Å². The Morgan fingerprint density at radius 3 is 2.03 bits per heavy atom. The van der Waals surface area contributed by atoms with E-state index in [1.54, 1.807) is 0 Å². The Kier molecular flexibility index (Phi) is 15.5. The molecule has 0 saturated heterocycles. The maximum atomic E-state index is 13.0. The lowest BCUT2D eigenvalue weighted by Crippen LogP contribution is -2.57. The summed E-state index contributed by atoms with van der Waals surface area (Å²) in [5.74, 6) is -3.29. The van der Waals surface area contributed by atoms with Gasteiger partial charge in [-0.05, 0) is 50.6 Å². The van der Waals surface area contributed by atoms with Gasteiger partial charge in [-0.25, -0.2) is 4.79 Å². The van der Waals surface area contributed by atoms with Crippen molar-refractivity contribution in [1.82, 2.24) is 16.0 Å². The zero-order valence-electron chi connectivity index (χ0n) is 21.3. The molecule has 13 nitrogen and oxygen atoms in total. The number of aliphatic carboxylic acids is 1. The van der Waals surface area contributed by atoms with Crippen molar-refractivity contribution < 1.29 is 24.3 Å². The largest absolute Gasteiger partial charge is 0.480 e. The van der Waals surface area contributed by atoms with Crippen molar-refractivity contribution in [2.75, 3.05) is 18.8 Å². The molecule has 4 unspecified atom stereocenters. The Morgan fingerprint density at radius 2 is 1.45 bits per heavy atom. The summed E-state index contributed by atoms with van der Waals surface area (Å²) in [5.41, 5.74) is 23.0. The predicted octanol–water partition coefficient (Wildman–Crippen LogP) is -1.79. The Balaban J connectivity index is 2.88. The molecule has 0 aliphatic heterocycles. The van der Waals surface area contributed by atoms with Gasteiger partial charge in [0.25, 0.3) is 0 Å². The van der Waals surface area contributed by atoms with Crippen molar-refractivity contribution in [2.45, 2.75) is 62.7 Å². The van der Waals surface area contributed by atoms with Crippen molar-refractivity contribution >= 4 is 42.3 Å². The molecule has 0 aliphatic carbocycles. The van der Waals surface area contributed by atoms with Gasteiger partial charge in [-0.15, -0.1) is 0 Å². The molecule has 0 radical (unpaired) electrons. The first-order chi connectivity index (χ1) is 18.1. The lowest BCUT2D eigenvalue weighted by molar-refractivity contribution is -0.142. The molecule has 1 aromatic rings. The number of nitrogens with one attached hydrogen (secondary N) is 3. The second-order valence-electron chi connectivity index (χ2n) is 8.73. The summed E-state index contributed by atoms with van der Waals surface area (Å²) in [6.07, 6.45) is 2.00. The first-order valence-corrected chi connectivity index (χ1v) is 13.0. The predicted molar refractivity (Wildman–Crippen MR) is 148 cm³/mol. The quantitative estimate of drug-likeness (QED) is 0.0431. The molecule has 0 aliphatic rings. The first-order valence-electron chi connectivity index (χ1n) is 12.4. The number of aliphatic imine (C=N–C) groups is 1. The molecule has 0 spiro atoms. The van der Waals surface area contributed by atoms with Gasteiger partial charge >= 0.3 is 5.97 Å². The van der Waals surface area contributed by atoms with Crippen molar-refractivity contribution in [2.24, 2.45) is 27.9 Å². The molecule has 0 bridgehead atoms. The third-order valence-corrected chi connectivity index (χ3v) is 5.96. The Hall–Kier alpha value is -3.36. The van der Waals surface area contributed by atoms with Gasteiger partial charge in [-0.3, -0.25) is 19.4 Å². The van der Waals surface area contributed by atoms with Crippen molar-refractivity contribution in [3.8, 4) is 0 Å². The number of guanidine groups is 1. The standard InChI is InChI=1S/C24H40N8O5S/c25-11-5-4-9-18(23(36)37)31-21(34)17(10-6-12-29-24(27)28)30-22(35)19(14-38)32-20(33)16(26)13-15-7-2-1-3-8-15/h1-3,7-8,16-19,38H,4-6,9-14,25-26H2,(H,30,35)(H,31,34)(H,32,33)(H,36,37)(H4,27,28,29). The van der Waals surface area contributed by atoms with Crippen molar-refractivity contribution in [1.29, 1.82) is 0 Å². The molecule has 3 amide bonds. The molecule has 12 N–H and O–H groups in total. The maximum Gasteiger partial charge on any atom is 0.326 e. The SMILES string of the molecule is NCCCCC(NC(=O)C(CCCN=C(N)N)NC(=O)C(CS)NC(=O)C(N)Cc1ccccc1)C(=O)O. The van der Waals surface area contributed by atoms with Crippen LogP contribution in [-0.2, 0) is 25.6 Å². The van der Waals surface area contributed by atoms with Gasteiger partial charge in [0.2, 0.25) is 17.7 Å². The molecule has 38 heavy (non-hydrogen) atoms. The van der Waals surface area contributed by atoms with Gasteiger partial charge in [-0.2, -0.15) is 12.6 Å². The summed E-state index contributed by atoms with van der Waals surface area (Å²) >= 11 is 4.16. The molecular formula is C24H40N8O5S. The normalized spacial score (nSPS) is 13.9. The highest BCUT2D eigenvalue weighted by atomic mass is 32.1. The minimum Gasteiger partial charge on any atom is -0.480 e. The van der Waals surface area contributed by atoms with Crippen LogP contribution in [-0.4, -0.2) is 77.8 Å². The molecule has 0 saturated carbocycles. The van der Waals surface area contributed by atoms with E-state index in [9.17, 15) is 24.3 Å². The Bertz CT molecular complexity index is 930. The van der Waals surface area contributed by atoms with Crippen LogP contribution in [0.2, 0.25) is 0 Å². The van der Waals surface area contributed by atoms with E-state index in [1.807, 2.05) is 30.3 Å². The van der Waals surface area contributed by atoms with Gasteiger partial charge in [0, 0.05) is 12.3 Å². The monoisotopic (exact) mass is 552 g/mol. The summed E-state index contributed by atoms with van der Waals surface area (Å²) < 4.78 is 0. The number of carboxylic acids is 1. The highest BCUT2D eigenvalue weighted by Gasteiger charge is 2.29. The zero-order chi connectivity index (χ0) is 28.5. The number of nitrogens with two attached hydrogens (primary N) is 4. The van der Waals surface area contributed by atoms with E-state index in [-0.39, 0.29) is 37.5 Å². The topological polar surface area (TPSA) is 241 Å². The molecule has 0 fully saturated rings. The number of carbonyl (C=O) groups is 4. The number of nitrogens with zero attached hydrogens (tertiary/aromatic N) is 1. The summed E-state index contributed by atoms with van der Waals surface area (Å²) in [5, 5.41) is 17.1. The molecule has 0 aromatic heterocycles. The van der Waals surface area contributed by atoms with Crippen LogP contribution < -0.4 is 38.9 Å². The van der Waals surface area contributed by atoms with E-state index in [0.717, 1.165) is 5.56 Å². The zero-order valence-corrected chi connectivity index (χ0v) is 22.2. The summed E-state index contributed by atoms with van der Waals surface area (Å²) in [7, 11) is 0. The van der Waals surface area contributed by atoms with E-state index in [4.69, 9.17) is 22.9 Å². The average Bonchev–Trinajstić information content (AvgIpc) is 2.88. The fraction of sp³-hybridized carbons (Fsp3) is 0.542. The smallest absolute Gasteiger partial charge is 0.326 e. The van der Waals surface area contributed by atoms with Crippen LogP contribution in [0.4, 0.5) is 0 Å². The molecule has 4 atom stereocenters. The number of rotatable bonds is 18. The number of amides is 3. The van der Waals surface area contributed by atoms with Crippen LogP contribution in [0.15, 0.2) is 35.3 Å². The minimum atomic E-state index is -1.20. The van der Waals surface area contributed by atoms with Gasteiger partial charge in [-0.1, -0.05) is 30.3 Å². The average molecular weight is 553 g/mol. The lowest BCUT2D eigenvalue weighted by Gasteiger charge is -2.24. The van der Waals surface area contributed by atoms with Crippen LogP contribution in [0.5, 0.6) is 0 Å². The second kappa shape index (κ2) is 18.0. The molecule has 1 aromatic carbocycles. The number of unbranched alkanes of at least 4 members (excludes halogenated alkanes) is 1. The minimum absolute atomic E-state index is 0.0607. The lowest BCUT2D eigenvalue weighted by atomic mass is 10.1. The number of hydrogen-bond donors (Lipinski definition) is 9. The van der Waals surface area contributed by atoms with E-state index >= 15 is 0 Å².